The summed E-state index contributed by atoms with van der Waals surface area (Å²) >= 11 is 1.73. The van der Waals surface area contributed by atoms with Crippen LogP contribution >= 0.6 is 11.3 Å². The molecule has 0 bridgehead atoms. The number of anilines is 1. The highest BCUT2D eigenvalue weighted by atomic mass is 32.1. The van der Waals surface area contributed by atoms with Crippen molar-refractivity contribution in [3.8, 4) is 0 Å². The molecule has 98 valence electrons. The van der Waals surface area contributed by atoms with Gasteiger partial charge in [0.05, 0.1) is 10.7 Å². The van der Waals surface area contributed by atoms with Crippen LogP contribution in [0.15, 0.2) is 30.3 Å². The predicted octanol–water partition coefficient (Wildman–Crippen LogP) is 3.20. The van der Waals surface area contributed by atoms with Gasteiger partial charge in [0, 0.05) is 16.5 Å². The van der Waals surface area contributed by atoms with Gasteiger partial charge in [-0.15, -0.1) is 11.3 Å². The molecular weight excluding hydrogens is 256 g/mol. The van der Waals surface area contributed by atoms with E-state index in [1.807, 2.05) is 37.3 Å². The summed E-state index contributed by atoms with van der Waals surface area (Å²) in [6, 6.07) is 9.65. The van der Waals surface area contributed by atoms with Gasteiger partial charge in [-0.2, -0.15) is 0 Å². The van der Waals surface area contributed by atoms with Crippen LogP contribution in [-0.2, 0) is 17.6 Å². The molecular formula is C15H16N2OS. The number of para-hydroxylation sites is 1. The molecule has 0 saturated heterocycles. The lowest BCUT2D eigenvalue weighted by Crippen LogP contribution is -2.27. The van der Waals surface area contributed by atoms with E-state index in [2.05, 4.69) is 10.3 Å². The summed E-state index contributed by atoms with van der Waals surface area (Å²) in [5, 5.41) is 4.10. The van der Waals surface area contributed by atoms with Crippen LogP contribution in [-0.4, -0.2) is 10.9 Å². The molecule has 0 fully saturated rings. The molecule has 1 atom stereocenters. The van der Waals surface area contributed by atoms with Gasteiger partial charge in [0.15, 0.2) is 0 Å². The van der Waals surface area contributed by atoms with Gasteiger partial charge in [0.25, 0.3) is 0 Å². The van der Waals surface area contributed by atoms with Crippen molar-refractivity contribution in [3.05, 3.63) is 45.9 Å². The first-order valence-electron chi connectivity index (χ1n) is 6.53. The summed E-state index contributed by atoms with van der Waals surface area (Å²) in [5.41, 5.74) is 2.07. The van der Waals surface area contributed by atoms with E-state index in [0.29, 0.717) is 0 Å². The fraction of sp³-hybridized carbons (Fsp3) is 0.333. The Morgan fingerprint density at radius 3 is 2.95 bits per heavy atom. The summed E-state index contributed by atoms with van der Waals surface area (Å²) in [6.45, 7) is 2.03. The molecule has 1 unspecified atom stereocenters. The van der Waals surface area contributed by atoms with Gasteiger partial charge < -0.3 is 5.32 Å². The van der Waals surface area contributed by atoms with E-state index in [1.54, 1.807) is 11.3 Å². The van der Waals surface area contributed by atoms with E-state index >= 15 is 0 Å². The Kier molecular flexibility index (Phi) is 3.34. The number of hydrogen-bond donors (Lipinski definition) is 1. The summed E-state index contributed by atoms with van der Waals surface area (Å²) in [7, 11) is 0. The number of benzene rings is 1. The van der Waals surface area contributed by atoms with Crippen molar-refractivity contribution >= 4 is 22.9 Å². The van der Waals surface area contributed by atoms with Gasteiger partial charge in [-0.3, -0.25) is 4.79 Å². The molecule has 1 aromatic carbocycles. The third-order valence-corrected chi connectivity index (χ3v) is 4.49. The van der Waals surface area contributed by atoms with Gasteiger partial charge in [-0.1, -0.05) is 18.2 Å². The van der Waals surface area contributed by atoms with Crippen LogP contribution in [0.4, 0.5) is 5.69 Å². The molecule has 4 heteroatoms. The second kappa shape index (κ2) is 5.13. The maximum absolute atomic E-state index is 12.3. The second-order valence-electron chi connectivity index (χ2n) is 4.90. The molecule has 0 radical (unpaired) electrons. The van der Waals surface area contributed by atoms with Gasteiger partial charge >= 0.3 is 0 Å². The first-order chi connectivity index (χ1) is 9.22. The monoisotopic (exact) mass is 272 g/mol. The molecule has 19 heavy (non-hydrogen) atoms. The van der Waals surface area contributed by atoms with Crippen LogP contribution in [0.25, 0.3) is 0 Å². The summed E-state index contributed by atoms with van der Waals surface area (Å²) in [5.74, 6) is 0.204. The standard InChI is InChI=1S/C15H16N2OS/c1-10-16-13-8-7-11(9-14(13)19-10)15(18)17-12-5-3-2-4-6-12/h2-6,11H,7-9H2,1H3,(H,17,18). The first kappa shape index (κ1) is 12.4. The molecule has 1 amide bonds. The Morgan fingerprint density at radius 2 is 2.16 bits per heavy atom. The molecule has 0 saturated carbocycles. The minimum atomic E-state index is 0.0764. The molecule has 1 N–H and O–H groups in total. The Balaban J connectivity index is 1.69. The van der Waals surface area contributed by atoms with Gasteiger partial charge in [-0.05, 0) is 38.3 Å². The minimum Gasteiger partial charge on any atom is -0.326 e. The molecule has 1 aliphatic carbocycles. The topological polar surface area (TPSA) is 42.0 Å². The lowest BCUT2D eigenvalue weighted by Gasteiger charge is -2.20. The fourth-order valence-electron chi connectivity index (χ4n) is 2.49. The molecule has 1 aromatic heterocycles. The number of hydrogen-bond acceptors (Lipinski definition) is 3. The predicted molar refractivity (Wildman–Crippen MR) is 77.4 cm³/mol. The largest absolute Gasteiger partial charge is 0.326 e. The zero-order valence-electron chi connectivity index (χ0n) is 10.8. The maximum atomic E-state index is 12.3. The number of fused-ring (bicyclic) bond motifs is 1. The van der Waals surface area contributed by atoms with E-state index in [4.69, 9.17) is 0 Å². The van der Waals surface area contributed by atoms with Crippen LogP contribution in [0.3, 0.4) is 0 Å². The van der Waals surface area contributed by atoms with Gasteiger partial charge in [0.2, 0.25) is 5.91 Å². The average molecular weight is 272 g/mol. The smallest absolute Gasteiger partial charge is 0.227 e. The van der Waals surface area contributed by atoms with E-state index in [9.17, 15) is 4.79 Å². The number of thiazole rings is 1. The van der Waals surface area contributed by atoms with Crippen molar-refractivity contribution in [1.29, 1.82) is 0 Å². The Hall–Kier alpha value is -1.68. The molecule has 1 heterocycles. The van der Waals surface area contributed by atoms with Crippen LogP contribution < -0.4 is 5.32 Å². The van der Waals surface area contributed by atoms with Crippen LogP contribution in [0.2, 0.25) is 0 Å². The van der Waals surface area contributed by atoms with Crippen LogP contribution in [0, 0.1) is 12.8 Å². The normalized spacial score (nSPS) is 17.8. The van der Waals surface area contributed by atoms with Crippen molar-refractivity contribution in [2.45, 2.75) is 26.2 Å². The number of nitrogens with one attached hydrogen (secondary N) is 1. The van der Waals surface area contributed by atoms with E-state index < -0.39 is 0 Å². The van der Waals surface area contributed by atoms with E-state index in [0.717, 1.165) is 30.0 Å². The van der Waals surface area contributed by atoms with Crippen molar-refractivity contribution < 1.29 is 4.79 Å². The summed E-state index contributed by atoms with van der Waals surface area (Å²) in [6.07, 6.45) is 2.65. The Bertz CT molecular complexity index is 591. The minimum absolute atomic E-state index is 0.0764. The summed E-state index contributed by atoms with van der Waals surface area (Å²) < 4.78 is 0. The molecule has 3 nitrogen and oxygen atoms in total. The number of carbonyl (C=O) groups is 1. The molecule has 0 aliphatic heterocycles. The number of rotatable bonds is 2. The molecule has 1 aliphatic rings. The highest BCUT2D eigenvalue weighted by Crippen LogP contribution is 2.30. The van der Waals surface area contributed by atoms with Crippen LogP contribution in [0.1, 0.15) is 22.0 Å². The van der Waals surface area contributed by atoms with E-state index in [-0.39, 0.29) is 11.8 Å². The molecule has 3 rings (SSSR count). The number of amides is 1. The quantitative estimate of drug-likeness (QED) is 0.912. The van der Waals surface area contributed by atoms with Gasteiger partial charge in [0.1, 0.15) is 0 Å². The molecule has 2 aromatic rings. The fourth-order valence-corrected chi connectivity index (χ4v) is 3.56. The zero-order chi connectivity index (χ0) is 13.2. The highest BCUT2D eigenvalue weighted by molar-refractivity contribution is 7.11. The lowest BCUT2D eigenvalue weighted by molar-refractivity contribution is -0.120. The van der Waals surface area contributed by atoms with Crippen LogP contribution in [0.5, 0.6) is 0 Å². The van der Waals surface area contributed by atoms with Gasteiger partial charge in [-0.25, -0.2) is 4.98 Å². The van der Waals surface area contributed by atoms with E-state index in [1.165, 1.54) is 10.6 Å². The van der Waals surface area contributed by atoms with Crippen molar-refractivity contribution in [2.24, 2.45) is 5.92 Å². The second-order valence-corrected chi connectivity index (χ2v) is 6.19. The Labute approximate surface area is 116 Å². The number of nitrogens with zero attached hydrogens (tertiary/aromatic N) is 1. The number of carbonyl (C=O) groups excluding carboxylic acids is 1. The lowest BCUT2D eigenvalue weighted by atomic mass is 9.90. The maximum Gasteiger partial charge on any atom is 0.227 e. The first-order valence-corrected chi connectivity index (χ1v) is 7.35. The van der Waals surface area contributed by atoms with Crippen molar-refractivity contribution in [1.82, 2.24) is 4.98 Å². The average Bonchev–Trinajstić information content (AvgIpc) is 2.78. The van der Waals surface area contributed by atoms with Crippen molar-refractivity contribution in [2.75, 3.05) is 5.32 Å². The van der Waals surface area contributed by atoms with Crippen molar-refractivity contribution in [3.63, 3.8) is 0 Å². The third kappa shape index (κ3) is 2.68. The zero-order valence-corrected chi connectivity index (χ0v) is 11.7. The Morgan fingerprint density at radius 1 is 1.37 bits per heavy atom. The third-order valence-electron chi connectivity index (χ3n) is 3.46. The number of aryl methyl sites for hydroxylation is 2. The number of aromatic nitrogens is 1. The molecule has 0 spiro atoms. The summed E-state index contributed by atoms with van der Waals surface area (Å²) in [4.78, 5) is 18.1. The highest BCUT2D eigenvalue weighted by Gasteiger charge is 2.26. The SMILES string of the molecule is Cc1nc2c(s1)CC(C(=O)Nc1ccccc1)CC2.